The van der Waals surface area contributed by atoms with Crippen LogP contribution in [-0.4, -0.2) is 59.1 Å². The Morgan fingerprint density at radius 2 is 2.11 bits per heavy atom. The number of carbonyl (C=O) groups excluding carboxylic acids is 1. The van der Waals surface area contributed by atoms with E-state index in [1.165, 1.54) is 12.1 Å². The molecule has 9 heteroatoms. The highest BCUT2D eigenvalue weighted by Gasteiger charge is 2.22. The zero-order chi connectivity index (χ0) is 20.1. The summed E-state index contributed by atoms with van der Waals surface area (Å²) in [7, 11) is 1.58. The molecular formula is C19H24ClFN4O3. The minimum atomic E-state index is -0.339. The molecule has 28 heavy (non-hydrogen) atoms. The highest BCUT2D eigenvalue weighted by molar-refractivity contribution is 6.31. The molecule has 0 radical (unpaired) electrons. The van der Waals surface area contributed by atoms with Gasteiger partial charge in [0.1, 0.15) is 11.9 Å². The van der Waals surface area contributed by atoms with Gasteiger partial charge in [0.2, 0.25) is 11.8 Å². The number of hydrogen-bond acceptors (Lipinski definition) is 6. The van der Waals surface area contributed by atoms with Crippen molar-refractivity contribution in [2.75, 3.05) is 33.3 Å². The van der Waals surface area contributed by atoms with Gasteiger partial charge in [0.15, 0.2) is 5.82 Å². The molecule has 0 aliphatic carbocycles. The largest absolute Gasteiger partial charge is 0.374 e. The average Bonchev–Trinajstić information content (AvgIpc) is 3.17. The predicted octanol–water partition coefficient (Wildman–Crippen LogP) is 2.85. The molecule has 1 fully saturated rings. The van der Waals surface area contributed by atoms with E-state index in [0.717, 1.165) is 18.7 Å². The summed E-state index contributed by atoms with van der Waals surface area (Å²) in [5.41, 5.74) is 0.889. The summed E-state index contributed by atoms with van der Waals surface area (Å²) < 4.78 is 23.5. The van der Waals surface area contributed by atoms with E-state index in [9.17, 15) is 9.18 Å². The molecule has 0 saturated carbocycles. The summed E-state index contributed by atoms with van der Waals surface area (Å²) in [5.74, 6) is 0.656. The number of methoxy groups -OCH3 is 1. The summed E-state index contributed by atoms with van der Waals surface area (Å²) in [6, 6.07) is 4.45. The molecule has 1 atom stereocenters. The van der Waals surface area contributed by atoms with Gasteiger partial charge in [0.25, 0.3) is 0 Å². The van der Waals surface area contributed by atoms with Crippen LogP contribution in [0, 0.1) is 5.82 Å². The summed E-state index contributed by atoms with van der Waals surface area (Å²) in [5, 5.41) is 4.29. The second-order valence-corrected chi connectivity index (χ2v) is 7.22. The number of piperazine rings is 1. The quantitative estimate of drug-likeness (QED) is 0.699. The third kappa shape index (κ3) is 5.27. The first-order chi connectivity index (χ1) is 13.5. The van der Waals surface area contributed by atoms with Gasteiger partial charge in [0.05, 0.1) is 0 Å². The Labute approximate surface area is 168 Å². The third-order valence-corrected chi connectivity index (χ3v) is 5.24. The summed E-state index contributed by atoms with van der Waals surface area (Å²) in [6.07, 6.45) is 0.497. The first-order valence-electron chi connectivity index (χ1n) is 9.25. The van der Waals surface area contributed by atoms with Crippen LogP contribution in [0.5, 0.6) is 0 Å². The third-order valence-electron chi connectivity index (χ3n) is 4.89. The highest BCUT2D eigenvalue weighted by Crippen LogP contribution is 2.20. The van der Waals surface area contributed by atoms with Crippen molar-refractivity contribution in [2.45, 2.75) is 32.4 Å². The normalized spacial score (nSPS) is 16.4. The van der Waals surface area contributed by atoms with Gasteiger partial charge < -0.3 is 14.2 Å². The van der Waals surface area contributed by atoms with Crippen molar-refractivity contribution in [3.8, 4) is 0 Å². The topological polar surface area (TPSA) is 71.7 Å². The first kappa shape index (κ1) is 20.7. The average molecular weight is 411 g/mol. The number of amides is 1. The van der Waals surface area contributed by atoms with Gasteiger partial charge in [-0.05, 0) is 24.6 Å². The fourth-order valence-corrected chi connectivity index (χ4v) is 3.29. The number of benzene rings is 1. The molecule has 1 saturated heterocycles. The number of hydrogen-bond donors (Lipinski definition) is 0. The van der Waals surface area contributed by atoms with Crippen molar-refractivity contribution in [3.63, 3.8) is 0 Å². The Bertz CT molecular complexity index is 808. The van der Waals surface area contributed by atoms with Gasteiger partial charge in [-0.25, -0.2) is 4.39 Å². The van der Waals surface area contributed by atoms with Crippen LogP contribution in [0.2, 0.25) is 5.02 Å². The molecule has 0 bridgehead atoms. The minimum absolute atomic E-state index is 0.0685. The van der Waals surface area contributed by atoms with E-state index < -0.39 is 0 Å². The summed E-state index contributed by atoms with van der Waals surface area (Å²) >= 11 is 6.10. The molecule has 0 N–H and O–H groups in total. The van der Waals surface area contributed by atoms with Crippen LogP contribution in [0.25, 0.3) is 0 Å². The molecule has 1 aliphatic heterocycles. The van der Waals surface area contributed by atoms with Crippen molar-refractivity contribution >= 4 is 17.5 Å². The fourth-order valence-electron chi connectivity index (χ4n) is 3.06. The standard InChI is InChI=1S/C19H24ClFN4O3/c1-13(27-2)19-22-17(28-23-19)5-6-18(26)25-9-7-24(8-10-25)12-14-3-4-15(21)11-16(14)20/h3-4,11,13H,5-10,12H2,1-2H3/t13-/m1/s1. The smallest absolute Gasteiger partial charge is 0.227 e. The molecule has 7 nitrogen and oxygen atoms in total. The van der Waals surface area contributed by atoms with Crippen LogP contribution >= 0.6 is 11.6 Å². The van der Waals surface area contributed by atoms with Crippen LogP contribution in [0.15, 0.2) is 22.7 Å². The van der Waals surface area contributed by atoms with Crippen LogP contribution in [-0.2, 0) is 22.5 Å². The van der Waals surface area contributed by atoms with Crippen molar-refractivity contribution in [3.05, 3.63) is 46.3 Å². The van der Waals surface area contributed by atoms with Gasteiger partial charge in [0, 0.05) is 57.7 Å². The van der Waals surface area contributed by atoms with Gasteiger partial charge in [-0.15, -0.1) is 0 Å². The maximum Gasteiger partial charge on any atom is 0.227 e. The minimum Gasteiger partial charge on any atom is -0.374 e. The van der Waals surface area contributed by atoms with Crippen LogP contribution in [0.1, 0.15) is 36.7 Å². The van der Waals surface area contributed by atoms with E-state index >= 15 is 0 Å². The maximum atomic E-state index is 13.2. The van der Waals surface area contributed by atoms with E-state index in [4.69, 9.17) is 20.9 Å². The molecule has 1 aromatic carbocycles. The van der Waals surface area contributed by atoms with E-state index in [2.05, 4.69) is 15.0 Å². The molecule has 3 rings (SSSR count). The number of halogens is 2. The second kappa shape index (κ2) is 9.45. The number of aryl methyl sites for hydroxylation is 1. The van der Waals surface area contributed by atoms with Gasteiger partial charge >= 0.3 is 0 Å². The first-order valence-corrected chi connectivity index (χ1v) is 9.63. The molecule has 152 valence electrons. The Balaban J connectivity index is 1.44. The molecule has 0 spiro atoms. The summed E-state index contributed by atoms with van der Waals surface area (Å²) in [4.78, 5) is 20.8. The van der Waals surface area contributed by atoms with Crippen molar-refractivity contribution in [1.29, 1.82) is 0 Å². The van der Waals surface area contributed by atoms with Gasteiger partial charge in [-0.2, -0.15) is 4.98 Å². The fraction of sp³-hybridized carbons (Fsp3) is 0.526. The molecule has 1 aliphatic rings. The van der Waals surface area contributed by atoms with E-state index in [0.29, 0.717) is 49.2 Å². The number of aromatic nitrogens is 2. The number of nitrogens with zero attached hydrogens (tertiary/aromatic N) is 4. The summed E-state index contributed by atoms with van der Waals surface area (Å²) in [6.45, 7) is 5.26. The molecule has 1 aromatic heterocycles. The lowest BCUT2D eigenvalue weighted by molar-refractivity contribution is -0.133. The number of ether oxygens (including phenoxy) is 1. The van der Waals surface area contributed by atoms with E-state index in [1.807, 2.05) is 11.8 Å². The van der Waals surface area contributed by atoms with Crippen LogP contribution in [0.3, 0.4) is 0 Å². The molecule has 2 aromatic rings. The molecule has 1 amide bonds. The van der Waals surface area contributed by atoms with Gasteiger partial charge in [-0.3, -0.25) is 9.69 Å². The Morgan fingerprint density at radius 1 is 1.36 bits per heavy atom. The molecule has 0 unspecified atom stereocenters. The monoisotopic (exact) mass is 410 g/mol. The van der Waals surface area contributed by atoms with Crippen LogP contribution < -0.4 is 0 Å². The highest BCUT2D eigenvalue weighted by atomic mass is 35.5. The molecule has 2 heterocycles. The molecular weight excluding hydrogens is 387 g/mol. The zero-order valence-corrected chi connectivity index (χ0v) is 16.8. The Hall–Kier alpha value is -2.03. The van der Waals surface area contributed by atoms with E-state index in [1.54, 1.807) is 13.2 Å². The second-order valence-electron chi connectivity index (χ2n) is 6.82. The van der Waals surface area contributed by atoms with Crippen molar-refractivity contribution in [1.82, 2.24) is 19.9 Å². The van der Waals surface area contributed by atoms with Crippen LogP contribution in [0.4, 0.5) is 4.39 Å². The lowest BCUT2D eigenvalue weighted by atomic mass is 10.2. The lowest BCUT2D eigenvalue weighted by Gasteiger charge is -2.35. The van der Waals surface area contributed by atoms with Gasteiger partial charge in [-0.1, -0.05) is 22.8 Å². The van der Waals surface area contributed by atoms with Crippen molar-refractivity contribution in [2.24, 2.45) is 0 Å². The maximum absolute atomic E-state index is 13.2. The number of carbonyl (C=O) groups is 1. The Morgan fingerprint density at radius 3 is 2.79 bits per heavy atom. The lowest BCUT2D eigenvalue weighted by Crippen LogP contribution is -2.48. The Kier molecular flexibility index (Phi) is 6.98. The van der Waals surface area contributed by atoms with Crippen molar-refractivity contribution < 1.29 is 18.4 Å². The van der Waals surface area contributed by atoms with E-state index in [-0.39, 0.29) is 17.8 Å². The predicted molar refractivity (Wildman–Crippen MR) is 101 cm³/mol. The zero-order valence-electron chi connectivity index (χ0n) is 16.0. The number of rotatable bonds is 7. The SMILES string of the molecule is CO[C@H](C)c1noc(CCC(=O)N2CCN(Cc3ccc(F)cc3Cl)CC2)n1.